The van der Waals surface area contributed by atoms with Gasteiger partial charge in [-0.1, -0.05) is 31.5 Å². The summed E-state index contributed by atoms with van der Waals surface area (Å²) in [5.74, 6) is 1.46. The molecule has 0 aliphatic rings. The predicted molar refractivity (Wildman–Crippen MR) is 76.7 cm³/mol. The molecule has 0 spiro atoms. The number of benzene rings is 1. The number of nitrogens with one attached hydrogen (secondary N) is 1. The van der Waals surface area contributed by atoms with Crippen LogP contribution in [0.1, 0.15) is 19.4 Å². The van der Waals surface area contributed by atoms with Gasteiger partial charge in [-0.25, -0.2) is 0 Å². The summed E-state index contributed by atoms with van der Waals surface area (Å²) in [5, 5.41) is 8.13. The maximum Gasteiger partial charge on any atom is 0.165 e. The number of ether oxygens (including phenoxy) is 1. The van der Waals surface area contributed by atoms with Gasteiger partial charge in [0.1, 0.15) is 5.75 Å². The SMILES string of the molecule is CC(C)NCc1c(Cl)cccc1Oc1cnn(C)c1. The highest BCUT2D eigenvalue weighted by Gasteiger charge is 2.10. The summed E-state index contributed by atoms with van der Waals surface area (Å²) in [4.78, 5) is 0. The number of halogens is 1. The van der Waals surface area contributed by atoms with Crippen LogP contribution in [0.3, 0.4) is 0 Å². The summed E-state index contributed by atoms with van der Waals surface area (Å²) in [6.45, 7) is 4.86. The normalized spacial score (nSPS) is 11.0. The lowest BCUT2D eigenvalue weighted by Gasteiger charge is -2.14. The van der Waals surface area contributed by atoms with Crippen molar-refractivity contribution in [2.45, 2.75) is 26.4 Å². The van der Waals surface area contributed by atoms with Gasteiger partial charge in [-0.05, 0) is 12.1 Å². The Morgan fingerprint density at radius 3 is 2.84 bits per heavy atom. The van der Waals surface area contributed by atoms with Crippen LogP contribution in [-0.4, -0.2) is 15.8 Å². The van der Waals surface area contributed by atoms with E-state index >= 15 is 0 Å². The molecule has 0 atom stereocenters. The molecule has 2 rings (SSSR count). The first kappa shape index (κ1) is 13.9. The molecule has 0 unspecified atom stereocenters. The Morgan fingerprint density at radius 1 is 1.42 bits per heavy atom. The second-order valence-electron chi connectivity index (χ2n) is 4.70. The molecule has 0 saturated heterocycles. The molecule has 1 N–H and O–H groups in total. The summed E-state index contributed by atoms with van der Waals surface area (Å²) in [5.41, 5.74) is 0.960. The van der Waals surface area contributed by atoms with Gasteiger partial charge in [-0.3, -0.25) is 4.68 Å². The van der Waals surface area contributed by atoms with Gasteiger partial charge in [-0.15, -0.1) is 0 Å². The van der Waals surface area contributed by atoms with E-state index in [0.717, 1.165) is 11.3 Å². The molecule has 1 aromatic heterocycles. The summed E-state index contributed by atoms with van der Waals surface area (Å²) in [6, 6.07) is 6.06. The Bertz CT molecular complexity index is 551. The molecular weight excluding hydrogens is 262 g/mol. The van der Waals surface area contributed by atoms with E-state index in [0.29, 0.717) is 23.4 Å². The second kappa shape index (κ2) is 6.08. The molecule has 2 aromatic rings. The first-order chi connectivity index (χ1) is 9.06. The number of rotatable bonds is 5. The number of hydrogen-bond donors (Lipinski definition) is 1. The van der Waals surface area contributed by atoms with E-state index in [1.54, 1.807) is 10.9 Å². The molecular formula is C14H18ClN3O. The minimum Gasteiger partial charge on any atom is -0.454 e. The van der Waals surface area contributed by atoms with Crippen LogP contribution < -0.4 is 10.1 Å². The van der Waals surface area contributed by atoms with Crippen LogP contribution in [0.5, 0.6) is 11.5 Å². The lowest BCUT2D eigenvalue weighted by molar-refractivity contribution is 0.469. The van der Waals surface area contributed by atoms with E-state index < -0.39 is 0 Å². The van der Waals surface area contributed by atoms with Gasteiger partial charge in [-0.2, -0.15) is 5.10 Å². The van der Waals surface area contributed by atoms with Crippen molar-refractivity contribution in [3.63, 3.8) is 0 Å². The molecule has 0 bridgehead atoms. The highest BCUT2D eigenvalue weighted by molar-refractivity contribution is 6.31. The van der Waals surface area contributed by atoms with Crippen LogP contribution in [0.25, 0.3) is 0 Å². The molecule has 0 amide bonds. The van der Waals surface area contributed by atoms with Gasteiger partial charge >= 0.3 is 0 Å². The lowest BCUT2D eigenvalue weighted by Crippen LogP contribution is -2.22. The summed E-state index contributed by atoms with van der Waals surface area (Å²) >= 11 is 6.24. The van der Waals surface area contributed by atoms with Gasteiger partial charge in [0, 0.05) is 30.2 Å². The molecule has 19 heavy (non-hydrogen) atoms. The van der Waals surface area contributed by atoms with Crippen LogP contribution in [0.15, 0.2) is 30.6 Å². The van der Waals surface area contributed by atoms with Crippen molar-refractivity contribution in [2.24, 2.45) is 7.05 Å². The Labute approximate surface area is 118 Å². The zero-order valence-electron chi connectivity index (χ0n) is 11.4. The Hall–Kier alpha value is -1.52. The van der Waals surface area contributed by atoms with Crippen molar-refractivity contribution < 1.29 is 4.74 Å². The fraction of sp³-hybridized carbons (Fsp3) is 0.357. The van der Waals surface area contributed by atoms with Crippen molar-refractivity contribution in [3.05, 3.63) is 41.2 Å². The minimum absolute atomic E-state index is 0.391. The van der Waals surface area contributed by atoms with Crippen molar-refractivity contribution in [1.82, 2.24) is 15.1 Å². The van der Waals surface area contributed by atoms with Crippen LogP contribution in [-0.2, 0) is 13.6 Å². The predicted octanol–water partition coefficient (Wildman–Crippen LogP) is 3.36. The molecule has 4 nitrogen and oxygen atoms in total. The Morgan fingerprint density at radius 2 is 2.21 bits per heavy atom. The van der Waals surface area contributed by atoms with E-state index in [1.165, 1.54) is 0 Å². The summed E-state index contributed by atoms with van der Waals surface area (Å²) in [7, 11) is 1.85. The van der Waals surface area contributed by atoms with Gasteiger partial charge in [0.05, 0.1) is 12.4 Å². The van der Waals surface area contributed by atoms with Gasteiger partial charge in [0.15, 0.2) is 5.75 Å². The fourth-order valence-electron chi connectivity index (χ4n) is 1.69. The molecule has 0 saturated carbocycles. The van der Waals surface area contributed by atoms with Crippen LogP contribution in [0, 0.1) is 0 Å². The number of aryl methyl sites for hydroxylation is 1. The Kier molecular flexibility index (Phi) is 4.45. The number of nitrogens with zero attached hydrogens (tertiary/aromatic N) is 2. The number of aromatic nitrogens is 2. The van der Waals surface area contributed by atoms with Crippen molar-refractivity contribution in [3.8, 4) is 11.5 Å². The smallest absolute Gasteiger partial charge is 0.165 e. The Balaban J connectivity index is 2.21. The highest BCUT2D eigenvalue weighted by atomic mass is 35.5. The van der Waals surface area contributed by atoms with Gasteiger partial charge in [0.2, 0.25) is 0 Å². The van der Waals surface area contributed by atoms with Crippen LogP contribution >= 0.6 is 11.6 Å². The third-order valence-corrected chi connectivity index (χ3v) is 3.03. The average molecular weight is 280 g/mol. The summed E-state index contributed by atoms with van der Waals surface area (Å²) in [6.07, 6.45) is 3.50. The minimum atomic E-state index is 0.391. The van der Waals surface area contributed by atoms with E-state index in [-0.39, 0.29) is 0 Å². The molecule has 102 valence electrons. The first-order valence-electron chi connectivity index (χ1n) is 6.23. The molecule has 0 fully saturated rings. The molecule has 5 heteroatoms. The summed E-state index contributed by atoms with van der Waals surface area (Å²) < 4.78 is 7.54. The van der Waals surface area contributed by atoms with E-state index in [9.17, 15) is 0 Å². The zero-order valence-corrected chi connectivity index (χ0v) is 12.1. The molecule has 0 radical (unpaired) electrons. The molecule has 1 aromatic carbocycles. The molecule has 0 aliphatic heterocycles. The average Bonchev–Trinajstić information content (AvgIpc) is 2.74. The third-order valence-electron chi connectivity index (χ3n) is 2.67. The fourth-order valence-corrected chi connectivity index (χ4v) is 1.92. The number of hydrogen-bond acceptors (Lipinski definition) is 3. The van der Waals surface area contributed by atoms with Crippen molar-refractivity contribution in [2.75, 3.05) is 0 Å². The van der Waals surface area contributed by atoms with Crippen molar-refractivity contribution >= 4 is 11.6 Å². The monoisotopic (exact) mass is 279 g/mol. The largest absolute Gasteiger partial charge is 0.454 e. The van der Waals surface area contributed by atoms with Gasteiger partial charge < -0.3 is 10.1 Å². The quantitative estimate of drug-likeness (QED) is 0.912. The standard InChI is InChI=1S/C14H18ClN3O/c1-10(2)16-8-12-13(15)5-4-6-14(12)19-11-7-17-18(3)9-11/h4-7,9-10,16H,8H2,1-3H3. The second-order valence-corrected chi connectivity index (χ2v) is 5.11. The van der Waals surface area contributed by atoms with Crippen LogP contribution in [0.2, 0.25) is 5.02 Å². The van der Waals surface area contributed by atoms with Crippen LogP contribution in [0.4, 0.5) is 0 Å². The molecule has 0 aliphatic carbocycles. The van der Waals surface area contributed by atoms with Crippen molar-refractivity contribution in [1.29, 1.82) is 0 Å². The lowest BCUT2D eigenvalue weighted by atomic mass is 10.2. The highest BCUT2D eigenvalue weighted by Crippen LogP contribution is 2.30. The van der Waals surface area contributed by atoms with E-state index in [1.807, 2.05) is 31.4 Å². The first-order valence-corrected chi connectivity index (χ1v) is 6.61. The zero-order chi connectivity index (χ0) is 13.8. The van der Waals surface area contributed by atoms with E-state index in [2.05, 4.69) is 24.3 Å². The maximum absolute atomic E-state index is 6.24. The topological polar surface area (TPSA) is 39.1 Å². The van der Waals surface area contributed by atoms with E-state index in [4.69, 9.17) is 16.3 Å². The third kappa shape index (κ3) is 3.72. The molecule has 1 heterocycles. The maximum atomic E-state index is 6.24. The van der Waals surface area contributed by atoms with Gasteiger partial charge in [0.25, 0.3) is 0 Å².